The van der Waals surface area contributed by atoms with Gasteiger partial charge in [-0.2, -0.15) is 0 Å². The molecule has 1 heterocycles. The second kappa shape index (κ2) is 4.31. The number of aromatic nitrogens is 1. The van der Waals surface area contributed by atoms with Gasteiger partial charge in [-0.3, -0.25) is 4.98 Å². The Morgan fingerprint density at radius 1 is 1.31 bits per heavy atom. The van der Waals surface area contributed by atoms with E-state index >= 15 is 0 Å². The Balaban J connectivity index is 2.44. The van der Waals surface area contributed by atoms with E-state index in [0.29, 0.717) is 5.84 Å². The zero-order chi connectivity index (χ0) is 11.5. The second-order valence-electron chi connectivity index (χ2n) is 4.07. The number of hydrogen-bond acceptors (Lipinski definition) is 2. The minimum Gasteiger partial charge on any atom is -0.387 e. The fraction of sp³-hybridized carbons (Fsp3) is 0.231. The normalized spacial score (nSPS) is 12.3. The third-order valence-electron chi connectivity index (χ3n) is 2.44. The van der Waals surface area contributed by atoms with Gasteiger partial charge in [-0.05, 0) is 24.3 Å². The largest absolute Gasteiger partial charge is 0.387 e. The predicted octanol–water partition coefficient (Wildman–Crippen LogP) is 2.88. The standard InChI is InChI=1S/C13H15N3/c1-9(2)13(14)16-11-5-6-12-10(8-11)4-3-7-15-12/h3-9H,1-2H3,(H2,14,16). The lowest BCUT2D eigenvalue weighted by molar-refractivity contribution is 0.873. The second-order valence-corrected chi connectivity index (χ2v) is 4.07. The number of aliphatic imine (C=N–C) groups is 1. The number of benzene rings is 1. The van der Waals surface area contributed by atoms with Crippen molar-refractivity contribution >= 4 is 22.4 Å². The van der Waals surface area contributed by atoms with Gasteiger partial charge in [-0.15, -0.1) is 0 Å². The van der Waals surface area contributed by atoms with Crippen molar-refractivity contribution < 1.29 is 0 Å². The first-order valence-electron chi connectivity index (χ1n) is 5.35. The Bertz CT molecular complexity index is 529. The molecule has 0 bridgehead atoms. The number of amidine groups is 1. The van der Waals surface area contributed by atoms with Crippen molar-refractivity contribution in [3.8, 4) is 0 Å². The molecule has 2 N–H and O–H groups in total. The third-order valence-corrected chi connectivity index (χ3v) is 2.44. The summed E-state index contributed by atoms with van der Waals surface area (Å²) in [4.78, 5) is 8.63. The van der Waals surface area contributed by atoms with Crippen LogP contribution >= 0.6 is 0 Å². The van der Waals surface area contributed by atoms with Gasteiger partial charge in [0.15, 0.2) is 0 Å². The highest BCUT2D eigenvalue weighted by Gasteiger charge is 2.00. The van der Waals surface area contributed by atoms with E-state index in [-0.39, 0.29) is 5.92 Å². The fourth-order valence-electron chi connectivity index (χ4n) is 1.41. The number of fused-ring (bicyclic) bond motifs is 1. The van der Waals surface area contributed by atoms with Crippen molar-refractivity contribution in [2.24, 2.45) is 16.6 Å². The molecule has 0 unspecified atom stereocenters. The lowest BCUT2D eigenvalue weighted by atomic mass is 10.2. The minimum atomic E-state index is 0.268. The summed E-state index contributed by atoms with van der Waals surface area (Å²) in [5, 5.41) is 1.08. The molecule has 3 nitrogen and oxygen atoms in total. The van der Waals surface area contributed by atoms with Gasteiger partial charge in [0.05, 0.1) is 11.2 Å². The van der Waals surface area contributed by atoms with Gasteiger partial charge in [-0.1, -0.05) is 19.9 Å². The zero-order valence-electron chi connectivity index (χ0n) is 9.51. The lowest BCUT2D eigenvalue weighted by Gasteiger charge is -2.04. The van der Waals surface area contributed by atoms with Crippen molar-refractivity contribution in [1.82, 2.24) is 4.98 Å². The molecule has 0 saturated heterocycles. The highest BCUT2D eigenvalue weighted by molar-refractivity contribution is 5.87. The average Bonchev–Trinajstić information content (AvgIpc) is 2.28. The Kier molecular flexibility index (Phi) is 2.86. The van der Waals surface area contributed by atoms with Crippen molar-refractivity contribution in [2.75, 3.05) is 0 Å². The first-order valence-corrected chi connectivity index (χ1v) is 5.35. The molecule has 3 heteroatoms. The highest BCUT2D eigenvalue weighted by atomic mass is 14.9. The maximum absolute atomic E-state index is 5.83. The number of pyridine rings is 1. The molecule has 82 valence electrons. The van der Waals surface area contributed by atoms with Gasteiger partial charge < -0.3 is 5.73 Å². The van der Waals surface area contributed by atoms with Crippen LogP contribution in [0.2, 0.25) is 0 Å². The molecule has 0 atom stereocenters. The van der Waals surface area contributed by atoms with E-state index in [9.17, 15) is 0 Å². The number of nitrogens with two attached hydrogens (primary N) is 1. The molecular formula is C13H15N3. The first kappa shape index (κ1) is 10.6. The number of rotatable bonds is 2. The van der Waals surface area contributed by atoms with E-state index in [4.69, 9.17) is 5.73 Å². The highest BCUT2D eigenvalue weighted by Crippen LogP contribution is 2.19. The lowest BCUT2D eigenvalue weighted by Crippen LogP contribution is -2.17. The van der Waals surface area contributed by atoms with Crippen LogP contribution in [-0.4, -0.2) is 10.8 Å². The van der Waals surface area contributed by atoms with Gasteiger partial charge in [0.25, 0.3) is 0 Å². The molecule has 2 aromatic rings. The van der Waals surface area contributed by atoms with Crippen LogP contribution in [0.3, 0.4) is 0 Å². The van der Waals surface area contributed by atoms with Crippen molar-refractivity contribution in [3.05, 3.63) is 36.5 Å². The van der Waals surface area contributed by atoms with Gasteiger partial charge in [-0.25, -0.2) is 4.99 Å². The molecule has 0 radical (unpaired) electrons. The first-order chi connectivity index (χ1) is 7.66. The Morgan fingerprint density at radius 2 is 2.12 bits per heavy atom. The topological polar surface area (TPSA) is 51.3 Å². The summed E-state index contributed by atoms with van der Waals surface area (Å²) < 4.78 is 0. The van der Waals surface area contributed by atoms with E-state index < -0.39 is 0 Å². The minimum absolute atomic E-state index is 0.268. The molecule has 0 aliphatic rings. The molecule has 0 saturated carbocycles. The quantitative estimate of drug-likeness (QED) is 0.616. The molecule has 0 fully saturated rings. The maximum Gasteiger partial charge on any atom is 0.102 e. The molecule has 0 amide bonds. The third kappa shape index (κ3) is 2.19. The summed E-state index contributed by atoms with van der Waals surface area (Å²) in [6.07, 6.45) is 1.79. The number of hydrogen-bond donors (Lipinski definition) is 1. The molecule has 2 rings (SSSR count). The summed E-state index contributed by atoms with van der Waals surface area (Å²) in [6, 6.07) is 9.83. The monoisotopic (exact) mass is 213 g/mol. The molecule has 0 aliphatic carbocycles. The molecule has 16 heavy (non-hydrogen) atoms. The van der Waals surface area contributed by atoms with Gasteiger partial charge in [0, 0.05) is 17.5 Å². The van der Waals surface area contributed by atoms with Crippen LogP contribution in [0.1, 0.15) is 13.8 Å². The Morgan fingerprint density at radius 3 is 2.88 bits per heavy atom. The van der Waals surface area contributed by atoms with Crippen molar-refractivity contribution in [1.29, 1.82) is 0 Å². The summed E-state index contributed by atoms with van der Waals surface area (Å²) in [5.41, 5.74) is 7.68. The average molecular weight is 213 g/mol. The van der Waals surface area contributed by atoms with E-state index in [1.165, 1.54) is 0 Å². The van der Waals surface area contributed by atoms with Crippen LogP contribution in [0, 0.1) is 5.92 Å². The smallest absolute Gasteiger partial charge is 0.102 e. The van der Waals surface area contributed by atoms with Crippen LogP contribution < -0.4 is 5.73 Å². The number of nitrogens with zero attached hydrogens (tertiary/aromatic N) is 2. The maximum atomic E-state index is 5.83. The molecule has 1 aromatic carbocycles. The van der Waals surface area contributed by atoms with Crippen LogP contribution in [0.15, 0.2) is 41.5 Å². The SMILES string of the molecule is CC(C)C(N)=Nc1ccc2ncccc2c1. The fourth-order valence-corrected chi connectivity index (χ4v) is 1.41. The summed E-state index contributed by atoms with van der Waals surface area (Å²) >= 11 is 0. The van der Waals surface area contributed by atoms with E-state index in [2.05, 4.69) is 9.98 Å². The van der Waals surface area contributed by atoms with E-state index in [0.717, 1.165) is 16.6 Å². The van der Waals surface area contributed by atoms with Crippen molar-refractivity contribution in [3.63, 3.8) is 0 Å². The molecular weight excluding hydrogens is 198 g/mol. The van der Waals surface area contributed by atoms with Crippen LogP contribution in [-0.2, 0) is 0 Å². The predicted molar refractivity (Wildman–Crippen MR) is 67.9 cm³/mol. The summed E-state index contributed by atoms with van der Waals surface area (Å²) in [7, 11) is 0. The molecule has 0 aliphatic heterocycles. The Labute approximate surface area is 95.0 Å². The summed E-state index contributed by atoms with van der Waals surface area (Å²) in [6.45, 7) is 4.06. The van der Waals surface area contributed by atoms with Crippen LogP contribution in [0.25, 0.3) is 10.9 Å². The molecule has 0 spiro atoms. The van der Waals surface area contributed by atoms with E-state index in [1.807, 2.05) is 44.2 Å². The van der Waals surface area contributed by atoms with Gasteiger partial charge >= 0.3 is 0 Å². The molecule has 1 aromatic heterocycles. The summed E-state index contributed by atoms with van der Waals surface area (Å²) in [5.74, 6) is 0.924. The van der Waals surface area contributed by atoms with Crippen LogP contribution in [0.4, 0.5) is 5.69 Å². The van der Waals surface area contributed by atoms with Gasteiger partial charge in [0.2, 0.25) is 0 Å². The zero-order valence-corrected chi connectivity index (χ0v) is 9.51. The van der Waals surface area contributed by atoms with E-state index in [1.54, 1.807) is 6.20 Å². The van der Waals surface area contributed by atoms with Crippen LogP contribution in [0.5, 0.6) is 0 Å². The van der Waals surface area contributed by atoms with Gasteiger partial charge in [0.1, 0.15) is 5.84 Å². The Hall–Kier alpha value is -1.90. The van der Waals surface area contributed by atoms with Crippen molar-refractivity contribution in [2.45, 2.75) is 13.8 Å².